The molecule has 0 spiro atoms. The fourth-order valence-electron chi connectivity index (χ4n) is 4.09. The van der Waals surface area contributed by atoms with Crippen LogP contribution in [0.4, 0.5) is 0 Å². The second kappa shape index (κ2) is 18.9. The van der Waals surface area contributed by atoms with E-state index in [1.165, 1.54) is 38.9 Å². The molecule has 0 unspecified atom stereocenters. The predicted octanol–water partition coefficient (Wildman–Crippen LogP) is 12.2. The zero-order valence-electron chi connectivity index (χ0n) is 28.0. The number of hydrogen-bond donors (Lipinski definition) is 0. The minimum atomic E-state index is 0.574. The van der Waals surface area contributed by atoms with Crippen LogP contribution >= 0.6 is 0 Å². The SMILES string of the molecule is COc1cccc(C(C)C)c1.Cc1cccc(C(C)C)c1.Cc1cccc(C(C)C)c1.Cc1cccc(C(C)C)c1. The first-order valence-corrected chi connectivity index (χ1v) is 15.2. The third-order valence-electron chi connectivity index (χ3n) is 6.89. The van der Waals surface area contributed by atoms with Crippen LogP contribution in [0.3, 0.4) is 0 Å². The van der Waals surface area contributed by atoms with Crippen LogP contribution in [-0.4, -0.2) is 7.11 Å². The zero-order chi connectivity index (χ0) is 30.9. The summed E-state index contributed by atoms with van der Waals surface area (Å²) < 4.78 is 5.11. The first kappa shape index (κ1) is 35.7. The second-order valence-corrected chi connectivity index (χ2v) is 12.1. The van der Waals surface area contributed by atoms with Crippen LogP contribution in [0.15, 0.2) is 97.1 Å². The Morgan fingerprint density at radius 1 is 0.390 bits per heavy atom. The predicted molar refractivity (Wildman–Crippen MR) is 183 cm³/mol. The Morgan fingerprint density at radius 2 is 0.659 bits per heavy atom. The molecular weight excluding hydrogens is 496 g/mol. The fourth-order valence-corrected chi connectivity index (χ4v) is 4.09. The molecule has 0 aliphatic rings. The van der Waals surface area contributed by atoms with Crippen LogP contribution in [-0.2, 0) is 0 Å². The number of rotatable bonds is 5. The van der Waals surface area contributed by atoms with Gasteiger partial charge in [0.25, 0.3) is 0 Å². The third kappa shape index (κ3) is 14.8. The molecule has 41 heavy (non-hydrogen) atoms. The van der Waals surface area contributed by atoms with Gasteiger partial charge in [0, 0.05) is 0 Å². The van der Waals surface area contributed by atoms with Crippen molar-refractivity contribution in [1.82, 2.24) is 0 Å². The third-order valence-corrected chi connectivity index (χ3v) is 6.89. The van der Waals surface area contributed by atoms with E-state index in [0.29, 0.717) is 23.7 Å². The molecule has 0 saturated carbocycles. The van der Waals surface area contributed by atoms with Crippen molar-refractivity contribution in [2.24, 2.45) is 0 Å². The van der Waals surface area contributed by atoms with E-state index < -0.39 is 0 Å². The van der Waals surface area contributed by atoms with Crippen LogP contribution in [0.2, 0.25) is 0 Å². The molecule has 4 rings (SSSR count). The lowest BCUT2D eigenvalue weighted by atomic mass is 10.0. The van der Waals surface area contributed by atoms with Crippen molar-refractivity contribution >= 4 is 0 Å². The van der Waals surface area contributed by atoms with Crippen LogP contribution < -0.4 is 4.74 Å². The Balaban J connectivity index is 0.000000274. The fraction of sp³-hybridized carbons (Fsp3) is 0.400. The van der Waals surface area contributed by atoms with Crippen LogP contribution in [0.25, 0.3) is 0 Å². The lowest BCUT2D eigenvalue weighted by Gasteiger charge is -2.06. The van der Waals surface area contributed by atoms with Gasteiger partial charge in [-0.05, 0) is 78.8 Å². The molecule has 0 radical (unpaired) electrons. The van der Waals surface area contributed by atoms with Gasteiger partial charge in [-0.15, -0.1) is 0 Å². The summed E-state index contributed by atoms with van der Waals surface area (Å²) in [4.78, 5) is 0. The lowest BCUT2D eigenvalue weighted by molar-refractivity contribution is 0.414. The number of ether oxygens (including phenoxy) is 1. The van der Waals surface area contributed by atoms with Crippen molar-refractivity contribution in [3.63, 3.8) is 0 Å². The van der Waals surface area contributed by atoms with Gasteiger partial charge in [0.05, 0.1) is 7.11 Å². The number of methoxy groups -OCH3 is 1. The van der Waals surface area contributed by atoms with E-state index in [-0.39, 0.29) is 0 Å². The zero-order valence-corrected chi connectivity index (χ0v) is 28.0. The summed E-state index contributed by atoms with van der Waals surface area (Å²) in [6, 6.07) is 34.2. The highest BCUT2D eigenvalue weighted by Gasteiger charge is 1.99. The maximum atomic E-state index is 5.11. The Bertz CT molecular complexity index is 1150. The maximum absolute atomic E-state index is 5.11. The highest BCUT2D eigenvalue weighted by Crippen LogP contribution is 2.19. The molecule has 0 bridgehead atoms. The minimum Gasteiger partial charge on any atom is -0.497 e. The van der Waals surface area contributed by atoms with Gasteiger partial charge in [-0.3, -0.25) is 0 Å². The summed E-state index contributed by atoms with van der Waals surface area (Å²) in [7, 11) is 1.69. The molecule has 0 saturated heterocycles. The van der Waals surface area contributed by atoms with E-state index >= 15 is 0 Å². The van der Waals surface area contributed by atoms with E-state index in [1.54, 1.807) is 7.11 Å². The van der Waals surface area contributed by atoms with Crippen LogP contribution in [0.5, 0.6) is 5.75 Å². The van der Waals surface area contributed by atoms with Gasteiger partial charge < -0.3 is 4.74 Å². The molecule has 1 nitrogen and oxygen atoms in total. The van der Waals surface area contributed by atoms with Crippen molar-refractivity contribution < 1.29 is 4.74 Å². The first-order chi connectivity index (χ1) is 19.3. The average Bonchev–Trinajstić information content (AvgIpc) is 2.94. The standard InChI is InChI=1S/C10H14O.3C10H14/c1-8(2)9-5-4-6-10(7-9)11-3;3*1-8(2)10-6-4-5-9(3)7-10/h4-8H,1-3H3;3*4-8H,1-3H3. The van der Waals surface area contributed by atoms with Gasteiger partial charge >= 0.3 is 0 Å². The van der Waals surface area contributed by atoms with Crippen molar-refractivity contribution in [3.05, 3.63) is 136 Å². The van der Waals surface area contributed by atoms with E-state index in [0.717, 1.165) is 5.75 Å². The normalized spacial score (nSPS) is 10.3. The highest BCUT2D eigenvalue weighted by molar-refractivity contribution is 5.30. The molecular formula is C40H56O. The van der Waals surface area contributed by atoms with Crippen molar-refractivity contribution in [2.45, 2.75) is 99.8 Å². The summed E-state index contributed by atoms with van der Waals surface area (Å²) in [5.74, 6) is 3.47. The molecule has 222 valence electrons. The number of benzene rings is 4. The van der Waals surface area contributed by atoms with E-state index in [1.807, 2.05) is 12.1 Å². The van der Waals surface area contributed by atoms with E-state index in [2.05, 4.69) is 161 Å². The van der Waals surface area contributed by atoms with Crippen molar-refractivity contribution in [2.75, 3.05) is 7.11 Å². The Kier molecular flexibility index (Phi) is 16.5. The lowest BCUT2D eigenvalue weighted by Crippen LogP contribution is -1.88. The molecule has 4 aromatic carbocycles. The summed E-state index contributed by atoms with van der Waals surface area (Å²) in [5.41, 5.74) is 9.67. The second-order valence-electron chi connectivity index (χ2n) is 12.1. The van der Waals surface area contributed by atoms with E-state index in [9.17, 15) is 0 Å². The maximum Gasteiger partial charge on any atom is 0.119 e. The van der Waals surface area contributed by atoms with Gasteiger partial charge in [-0.25, -0.2) is 0 Å². The monoisotopic (exact) mass is 552 g/mol. The average molecular weight is 553 g/mol. The van der Waals surface area contributed by atoms with Gasteiger partial charge in [-0.2, -0.15) is 0 Å². The summed E-state index contributed by atoms with van der Waals surface area (Å²) in [6.07, 6.45) is 0. The molecule has 0 aliphatic heterocycles. The summed E-state index contributed by atoms with van der Waals surface area (Å²) in [6.45, 7) is 24.0. The molecule has 0 aliphatic carbocycles. The molecule has 0 fully saturated rings. The van der Waals surface area contributed by atoms with Crippen LogP contribution in [0, 0.1) is 20.8 Å². The molecule has 0 heterocycles. The quantitative estimate of drug-likeness (QED) is 0.239. The molecule has 0 atom stereocenters. The Labute approximate surface area is 253 Å². The summed E-state index contributed by atoms with van der Waals surface area (Å²) >= 11 is 0. The molecule has 0 aromatic heterocycles. The minimum absolute atomic E-state index is 0.574. The molecule has 1 heteroatoms. The number of hydrogen-bond acceptors (Lipinski definition) is 1. The van der Waals surface area contributed by atoms with Crippen molar-refractivity contribution in [1.29, 1.82) is 0 Å². The highest BCUT2D eigenvalue weighted by atomic mass is 16.5. The van der Waals surface area contributed by atoms with E-state index in [4.69, 9.17) is 4.74 Å². The number of aryl methyl sites for hydroxylation is 3. The van der Waals surface area contributed by atoms with Gasteiger partial charge in [-0.1, -0.05) is 157 Å². The first-order valence-electron chi connectivity index (χ1n) is 15.2. The Hall–Kier alpha value is -3.32. The van der Waals surface area contributed by atoms with Crippen molar-refractivity contribution in [3.8, 4) is 5.75 Å². The summed E-state index contributed by atoms with van der Waals surface area (Å²) in [5, 5.41) is 0. The molecule has 0 N–H and O–H groups in total. The largest absolute Gasteiger partial charge is 0.497 e. The Morgan fingerprint density at radius 3 is 0.878 bits per heavy atom. The van der Waals surface area contributed by atoms with Gasteiger partial charge in [0.15, 0.2) is 0 Å². The topological polar surface area (TPSA) is 9.23 Å². The smallest absolute Gasteiger partial charge is 0.119 e. The molecule has 4 aromatic rings. The van der Waals surface area contributed by atoms with Crippen LogP contribution in [0.1, 0.15) is 118 Å². The van der Waals surface area contributed by atoms with Gasteiger partial charge in [0.2, 0.25) is 0 Å². The van der Waals surface area contributed by atoms with Gasteiger partial charge in [0.1, 0.15) is 5.75 Å². The molecule has 0 amide bonds.